The van der Waals surface area contributed by atoms with Crippen LogP contribution in [0.4, 0.5) is 0 Å². The number of unbranched alkanes of at least 4 members (excludes halogenated alkanes) is 11. The number of rotatable bonds is 25. The Kier molecular flexibility index (Phi) is 22.4. The molecule has 8 heteroatoms. The summed E-state index contributed by atoms with van der Waals surface area (Å²) >= 11 is 0. The second-order valence-electron chi connectivity index (χ2n) is 10.4. The number of quaternary nitrogens is 1. The van der Waals surface area contributed by atoms with Gasteiger partial charge in [0.1, 0.15) is 6.10 Å². The lowest BCUT2D eigenvalue weighted by Gasteiger charge is -2.21. The molecule has 0 saturated carbocycles. The van der Waals surface area contributed by atoms with Gasteiger partial charge in [-0.2, -0.15) is 0 Å². The molecule has 0 heterocycles. The summed E-state index contributed by atoms with van der Waals surface area (Å²) in [5.41, 5.74) is 0. The van der Waals surface area contributed by atoms with Crippen molar-refractivity contribution in [2.24, 2.45) is 5.92 Å². The summed E-state index contributed by atoms with van der Waals surface area (Å²) in [6, 6.07) is 0. The van der Waals surface area contributed by atoms with Gasteiger partial charge in [-0.25, -0.2) is 0 Å². The number of hydrogen-bond acceptors (Lipinski definition) is 5. The zero-order valence-corrected chi connectivity index (χ0v) is 24.4. The van der Waals surface area contributed by atoms with E-state index in [2.05, 4.69) is 13.8 Å². The van der Waals surface area contributed by atoms with Crippen LogP contribution in [0.15, 0.2) is 0 Å². The summed E-state index contributed by atoms with van der Waals surface area (Å²) in [5.74, 6) is 0.0609. The van der Waals surface area contributed by atoms with E-state index in [0.717, 1.165) is 11.3 Å². The van der Waals surface area contributed by atoms with Crippen molar-refractivity contribution in [1.82, 2.24) is 0 Å². The van der Waals surface area contributed by atoms with Crippen LogP contribution in [0.2, 0.25) is 0 Å². The van der Waals surface area contributed by atoms with Crippen LogP contribution >= 0.6 is 7.60 Å². The quantitative estimate of drug-likeness (QED) is 0.0949. The van der Waals surface area contributed by atoms with E-state index in [1.807, 2.05) is 14.1 Å². The molecular weight excluding hydrogens is 465 g/mol. The SMILES string of the molecule is CCCCCCCCCCCCCCC(C)COCC(COP(=O)(O)CC[NH+](C)C)OC(=O)CC. The molecule has 0 saturated heterocycles. The molecule has 2 N–H and O–H groups in total. The third-order valence-corrected chi connectivity index (χ3v) is 7.54. The minimum Gasteiger partial charge on any atom is -0.457 e. The van der Waals surface area contributed by atoms with Crippen molar-refractivity contribution in [2.45, 2.75) is 117 Å². The molecule has 0 spiro atoms. The van der Waals surface area contributed by atoms with Crippen LogP contribution in [-0.4, -0.2) is 63.6 Å². The smallest absolute Gasteiger partial charge is 0.333 e. The summed E-state index contributed by atoms with van der Waals surface area (Å²) in [7, 11) is 0.122. The molecule has 0 bridgehead atoms. The van der Waals surface area contributed by atoms with E-state index in [4.69, 9.17) is 14.0 Å². The lowest BCUT2D eigenvalue weighted by molar-refractivity contribution is -0.855. The first-order valence-electron chi connectivity index (χ1n) is 14.2. The fourth-order valence-corrected chi connectivity index (χ4v) is 5.09. The lowest BCUT2D eigenvalue weighted by Crippen LogP contribution is -3.06. The lowest BCUT2D eigenvalue weighted by atomic mass is 10.0. The fraction of sp³-hybridized carbons (Fsp3) is 0.963. The monoisotopic (exact) mass is 522 g/mol. The van der Waals surface area contributed by atoms with Crippen LogP contribution in [0.25, 0.3) is 0 Å². The minimum atomic E-state index is -3.71. The van der Waals surface area contributed by atoms with Crippen molar-refractivity contribution in [2.75, 3.05) is 46.6 Å². The predicted molar refractivity (Wildman–Crippen MR) is 144 cm³/mol. The van der Waals surface area contributed by atoms with Crippen molar-refractivity contribution < 1.29 is 33.2 Å². The van der Waals surface area contributed by atoms with Crippen LogP contribution in [0.3, 0.4) is 0 Å². The molecule has 0 amide bonds. The molecule has 0 aliphatic rings. The molecule has 0 aliphatic heterocycles. The molecule has 0 aromatic carbocycles. The van der Waals surface area contributed by atoms with Crippen molar-refractivity contribution in [3.63, 3.8) is 0 Å². The predicted octanol–water partition coefficient (Wildman–Crippen LogP) is 5.40. The van der Waals surface area contributed by atoms with Crippen LogP contribution < -0.4 is 4.90 Å². The molecule has 0 aliphatic carbocycles. The number of carbonyl (C=O) groups excluding carboxylic acids is 1. The van der Waals surface area contributed by atoms with E-state index in [9.17, 15) is 14.3 Å². The summed E-state index contributed by atoms with van der Waals surface area (Å²) in [6.45, 7) is 7.31. The van der Waals surface area contributed by atoms with E-state index in [1.54, 1.807) is 6.92 Å². The Hall–Kier alpha value is -0.460. The summed E-state index contributed by atoms with van der Waals surface area (Å²) in [6.07, 6.45) is 16.9. The highest BCUT2D eigenvalue weighted by atomic mass is 31.2. The Balaban J connectivity index is 3.95. The van der Waals surface area contributed by atoms with Gasteiger partial charge in [0, 0.05) is 13.0 Å². The maximum absolute atomic E-state index is 12.2. The second kappa shape index (κ2) is 22.7. The van der Waals surface area contributed by atoms with E-state index >= 15 is 0 Å². The Morgan fingerprint density at radius 3 is 1.91 bits per heavy atom. The average molecular weight is 523 g/mol. The highest BCUT2D eigenvalue weighted by Crippen LogP contribution is 2.41. The van der Waals surface area contributed by atoms with Gasteiger partial charge in [0.05, 0.1) is 40.0 Å². The van der Waals surface area contributed by atoms with Crippen molar-refractivity contribution in [3.8, 4) is 0 Å². The van der Waals surface area contributed by atoms with Gasteiger partial charge in [-0.15, -0.1) is 0 Å². The van der Waals surface area contributed by atoms with E-state index in [0.29, 0.717) is 19.1 Å². The van der Waals surface area contributed by atoms with Crippen LogP contribution in [0.5, 0.6) is 0 Å². The highest BCUT2D eigenvalue weighted by molar-refractivity contribution is 7.52. The Labute approximate surface area is 216 Å². The third kappa shape index (κ3) is 23.7. The van der Waals surface area contributed by atoms with E-state index < -0.39 is 13.7 Å². The maximum atomic E-state index is 12.2. The first-order chi connectivity index (χ1) is 16.7. The van der Waals surface area contributed by atoms with Gasteiger partial charge in [0.25, 0.3) is 0 Å². The molecule has 35 heavy (non-hydrogen) atoms. The Morgan fingerprint density at radius 2 is 1.40 bits per heavy atom. The van der Waals surface area contributed by atoms with Gasteiger partial charge < -0.3 is 23.8 Å². The van der Waals surface area contributed by atoms with Gasteiger partial charge in [-0.05, 0) is 12.3 Å². The molecule has 0 fully saturated rings. The largest absolute Gasteiger partial charge is 0.457 e. The van der Waals surface area contributed by atoms with Crippen molar-refractivity contribution in [3.05, 3.63) is 0 Å². The minimum absolute atomic E-state index is 0.0702. The van der Waals surface area contributed by atoms with Crippen molar-refractivity contribution >= 4 is 13.6 Å². The molecule has 0 aromatic rings. The Bertz CT molecular complexity index is 546. The second-order valence-corrected chi connectivity index (χ2v) is 12.4. The molecule has 7 nitrogen and oxygen atoms in total. The molecule has 3 unspecified atom stereocenters. The molecular formula is C27H57NO6P+. The molecule has 0 rings (SSSR count). The van der Waals surface area contributed by atoms with Gasteiger partial charge in [0.15, 0.2) is 0 Å². The van der Waals surface area contributed by atoms with Gasteiger partial charge in [0.2, 0.25) is 0 Å². The summed E-state index contributed by atoms with van der Waals surface area (Å²) < 4.78 is 28.6. The first kappa shape index (κ1) is 34.5. The van der Waals surface area contributed by atoms with Gasteiger partial charge in [-0.1, -0.05) is 97.8 Å². The maximum Gasteiger partial charge on any atom is 0.333 e. The van der Waals surface area contributed by atoms with E-state index in [-0.39, 0.29) is 31.8 Å². The molecule has 210 valence electrons. The van der Waals surface area contributed by atoms with Crippen LogP contribution in [0, 0.1) is 5.92 Å². The molecule has 0 aromatic heterocycles. The fourth-order valence-electron chi connectivity index (χ4n) is 3.83. The normalized spacial score (nSPS) is 15.2. The van der Waals surface area contributed by atoms with Gasteiger partial charge >= 0.3 is 13.6 Å². The van der Waals surface area contributed by atoms with Gasteiger partial charge in [-0.3, -0.25) is 9.36 Å². The highest BCUT2D eigenvalue weighted by Gasteiger charge is 2.24. The Morgan fingerprint density at radius 1 is 0.857 bits per heavy atom. The molecule has 0 radical (unpaired) electrons. The topological polar surface area (TPSA) is 86.5 Å². The van der Waals surface area contributed by atoms with Crippen LogP contribution in [0.1, 0.15) is 111 Å². The summed E-state index contributed by atoms with van der Waals surface area (Å²) in [5, 5.41) is 0. The number of hydrogen-bond donors (Lipinski definition) is 2. The number of carbonyl (C=O) groups is 1. The number of ether oxygens (including phenoxy) is 2. The van der Waals surface area contributed by atoms with Crippen LogP contribution in [-0.2, 0) is 23.4 Å². The first-order valence-corrected chi connectivity index (χ1v) is 16.0. The standard InChI is InChI=1S/C27H56NO6P/c1-6-8-9-10-11-12-13-14-15-16-17-18-19-25(3)22-32-23-26(34-27(29)7-2)24-33-35(30,31)21-20-28(4)5/h25-26H,6-24H2,1-5H3,(H,30,31)/p+1. The number of esters is 1. The van der Waals surface area contributed by atoms with Crippen molar-refractivity contribution in [1.29, 1.82) is 0 Å². The number of nitrogens with one attached hydrogen (secondary N) is 1. The van der Waals surface area contributed by atoms with E-state index in [1.165, 1.54) is 77.0 Å². The third-order valence-electron chi connectivity index (χ3n) is 6.20. The average Bonchev–Trinajstić information content (AvgIpc) is 2.81. The zero-order valence-electron chi connectivity index (χ0n) is 23.5. The summed E-state index contributed by atoms with van der Waals surface area (Å²) in [4.78, 5) is 22.8. The molecule has 3 atom stereocenters. The zero-order chi connectivity index (χ0) is 26.4.